The predicted octanol–water partition coefficient (Wildman–Crippen LogP) is 2.15. The molecule has 0 saturated carbocycles. The van der Waals surface area contributed by atoms with Crippen LogP contribution in [0.2, 0.25) is 0 Å². The number of nitrogens with two attached hydrogens (primary N) is 1. The summed E-state index contributed by atoms with van der Waals surface area (Å²) < 4.78 is 5.45. The van der Waals surface area contributed by atoms with Gasteiger partial charge in [-0.05, 0) is 55.9 Å². The molecule has 6 nitrogen and oxygen atoms in total. The first-order valence-corrected chi connectivity index (χ1v) is 8.95. The molecular weight excluding hydrogens is 342 g/mol. The number of likely N-dealkylation sites (N-methyl/N-ethyl adjacent to an activating group) is 1. The summed E-state index contributed by atoms with van der Waals surface area (Å²) >= 11 is 0. The first-order valence-electron chi connectivity index (χ1n) is 8.95. The van der Waals surface area contributed by atoms with E-state index >= 15 is 0 Å². The summed E-state index contributed by atoms with van der Waals surface area (Å²) in [5, 5.41) is 2.91. The van der Waals surface area contributed by atoms with Gasteiger partial charge in [0.1, 0.15) is 5.75 Å². The number of hydrogen-bond donors (Lipinski definition) is 2. The van der Waals surface area contributed by atoms with Crippen molar-refractivity contribution in [3.63, 3.8) is 0 Å². The predicted molar refractivity (Wildman–Crippen MR) is 106 cm³/mol. The van der Waals surface area contributed by atoms with E-state index in [2.05, 4.69) is 41.4 Å². The highest BCUT2D eigenvalue weighted by molar-refractivity contribution is 5.92. The zero-order valence-corrected chi connectivity index (χ0v) is 16.1. The summed E-state index contributed by atoms with van der Waals surface area (Å²) in [5.74, 6) is -0.193. The molecule has 2 rings (SSSR count). The number of carbonyl (C=O) groups excluding carboxylic acids is 2. The van der Waals surface area contributed by atoms with Gasteiger partial charge in [0.2, 0.25) is 5.91 Å². The average Bonchev–Trinajstić information content (AvgIpc) is 2.67. The smallest absolute Gasteiger partial charge is 0.258 e. The van der Waals surface area contributed by atoms with Gasteiger partial charge in [-0.25, -0.2) is 0 Å². The number of aryl methyl sites for hydroxylation is 1. The third-order valence-electron chi connectivity index (χ3n) is 4.40. The van der Waals surface area contributed by atoms with E-state index in [1.807, 2.05) is 14.1 Å². The van der Waals surface area contributed by atoms with Gasteiger partial charge in [-0.2, -0.15) is 0 Å². The van der Waals surface area contributed by atoms with Crippen molar-refractivity contribution in [1.82, 2.24) is 10.2 Å². The summed E-state index contributed by atoms with van der Waals surface area (Å²) in [5.41, 5.74) is 8.03. The van der Waals surface area contributed by atoms with E-state index in [0.29, 0.717) is 17.9 Å². The number of rotatable bonds is 9. The van der Waals surface area contributed by atoms with Gasteiger partial charge in [0.05, 0.1) is 6.04 Å². The van der Waals surface area contributed by atoms with Crippen molar-refractivity contribution in [2.75, 3.05) is 27.2 Å². The molecule has 0 aliphatic heterocycles. The lowest BCUT2D eigenvalue weighted by molar-refractivity contribution is -0.123. The topological polar surface area (TPSA) is 84.7 Å². The van der Waals surface area contributed by atoms with Gasteiger partial charge in [-0.15, -0.1) is 0 Å². The normalized spacial score (nSPS) is 11.9. The summed E-state index contributed by atoms with van der Waals surface area (Å²) in [7, 11) is 3.97. The molecule has 0 heterocycles. The Morgan fingerprint density at radius 2 is 1.70 bits per heavy atom. The number of amides is 2. The van der Waals surface area contributed by atoms with Crippen LogP contribution in [0.1, 0.15) is 34.5 Å². The van der Waals surface area contributed by atoms with Crippen molar-refractivity contribution in [1.29, 1.82) is 0 Å². The van der Waals surface area contributed by atoms with E-state index < -0.39 is 5.91 Å². The molecule has 0 aliphatic carbocycles. The lowest BCUT2D eigenvalue weighted by Crippen LogP contribution is -2.36. The van der Waals surface area contributed by atoms with Crippen molar-refractivity contribution >= 4 is 11.8 Å². The van der Waals surface area contributed by atoms with E-state index in [9.17, 15) is 9.59 Å². The van der Waals surface area contributed by atoms with Crippen LogP contribution in [0.3, 0.4) is 0 Å². The van der Waals surface area contributed by atoms with E-state index in [0.717, 1.165) is 12.0 Å². The molecular formula is C21H27N3O3. The quantitative estimate of drug-likeness (QED) is 0.709. The Morgan fingerprint density at radius 3 is 2.22 bits per heavy atom. The zero-order chi connectivity index (χ0) is 19.8. The van der Waals surface area contributed by atoms with Crippen molar-refractivity contribution in [3.8, 4) is 5.75 Å². The van der Waals surface area contributed by atoms with Crippen molar-refractivity contribution in [2.45, 2.75) is 19.4 Å². The maximum atomic E-state index is 12.1. The van der Waals surface area contributed by atoms with Gasteiger partial charge in [0.15, 0.2) is 6.61 Å². The Hall–Kier alpha value is -2.86. The van der Waals surface area contributed by atoms with Crippen LogP contribution in [0, 0.1) is 0 Å². The second-order valence-electron chi connectivity index (χ2n) is 6.56. The van der Waals surface area contributed by atoms with Crippen molar-refractivity contribution in [3.05, 3.63) is 65.2 Å². The standard InChI is InChI=1S/C21H27N3O3/c1-4-15-5-7-16(8-6-15)19(24(2)3)13-23-20(25)14-27-18-11-9-17(10-12-18)21(22)26/h5-12,19H,4,13-14H2,1-3H3,(H2,22,26)(H,23,25). The van der Waals surface area contributed by atoms with Crippen LogP contribution < -0.4 is 15.8 Å². The lowest BCUT2D eigenvalue weighted by atomic mass is 10.0. The molecule has 0 aromatic heterocycles. The molecule has 0 spiro atoms. The second-order valence-corrected chi connectivity index (χ2v) is 6.56. The van der Waals surface area contributed by atoms with Crippen LogP contribution in [-0.2, 0) is 11.2 Å². The Labute approximate surface area is 160 Å². The fourth-order valence-electron chi connectivity index (χ4n) is 2.70. The van der Waals surface area contributed by atoms with Gasteiger partial charge in [-0.3, -0.25) is 9.59 Å². The molecule has 1 atom stereocenters. The highest BCUT2D eigenvalue weighted by Crippen LogP contribution is 2.18. The van der Waals surface area contributed by atoms with E-state index in [-0.39, 0.29) is 18.6 Å². The molecule has 2 amide bonds. The van der Waals surface area contributed by atoms with Gasteiger partial charge in [-0.1, -0.05) is 31.2 Å². The minimum atomic E-state index is -0.499. The fraction of sp³-hybridized carbons (Fsp3) is 0.333. The highest BCUT2D eigenvalue weighted by atomic mass is 16.5. The second kappa shape index (κ2) is 9.73. The minimum Gasteiger partial charge on any atom is -0.484 e. The number of nitrogens with one attached hydrogen (secondary N) is 1. The van der Waals surface area contributed by atoms with E-state index in [4.69, 9.17) is 10.5 Å². The molecule has 2 aromatic rings. The third-order valence-corrected chi connectivity index (χ3v) is 4.40. The first-order chi connectivity index (χ1) is 12.9. The third kappa shape index (κ3) is 6.11. The number of primary amides is 1. The van der Waals surface area contributed by atoms with Crippen molar-refractivity contribution < 1.29 is 14.3 Å². The van der Waals surface area contributed by atoms with E-state index in [1.165, 1.54) is 5.56 Å². The number of hydrogen-bond acceptors (Lipinski definition) is 4. The zero-order valence-electron chi connectivity index (χ0n) is 16.1. The molecule has 0 radical (unpaired) electrons. The van der Waals surface area contributed by atoms with Gasteiger partial charge in [0.25, 0.3) is 5.91 Å². The molecule has 2 aromatic carbocycles. The Kier molecular flexibility index (Phi) is 7.37. The van der Waals surface area contributed by atoms with Gasteiger partial charge < -0.3 is 20.7 Å². The van der Waals surface area contributed by atoms with E-state index in [1.54, 1.807) is 24.3 Å². The van der Waals surface area contributed by atoms with Gasteiger partial charge >= 0.3 is 0 Å². The molecule has 0 bridgehead atoms. The molecule has 3 N–H and O–H groups in total. The molecule has 0 saturated heterocycles. The highest BCUT2D eigenvalue weighted by Gasteiger charge is 2.15. The van der Waals surface area contributed by atoms with Crippen molar-refractivity contribution in [2.24, 2.45) is 5.73 Å². The lowest BCUT2D eigenvalue weighted by Gasteiger charge is -2.25. The molecule has 0 aliphatic rings. The monoisotopic (exact) mass is 369 g/mol. The summed E-state index contributed by atoms with van der Waals surface area (Å²) in [4.78, 5) is 25.2. The number of benzene rings is 2. The van der Waals surface area contributed by atoms with Crippen LogP contribution in [-0.4, -0.2) is 44.0 Å². The largest absolute Gasteiger partial charge is 0.484 e. The number of carbonyl (C=O) groups is 2. The Morgan fingerprint density at radius 1 is 1.07 bits per heavy atom. The SMILES string of the molecule is CCc1ccc(C(CNC(=O)COc2ccc(C(N)=O)cc2)N(C)C)cc1. The first kappa shape index (κ1) is 20.5. The summed E-state index contributed by atoms with van der Waals surface area (Å²) in [6.45, 7) is 2.52. The molecule has 27 heavy (non-hydrogen) atoms. The maximum absolute atomic E-state index is 12.1. The number of ether oxygens (including phenoxy) is 1. The van der Waals surface area contributed by atoms with Crippen LogP contribution >= 0.6 is 0 Å². The van der Waals surface area contributed by atoms with Crippen LogP contribution in [0.4, 0.5) is 0 Å². The Balaban J connectivity index is 1.86. The molecule has 0 fully saturated rings. The summed E-state index contributed by atoms with van der Waals surface area (Å²) in [6, 6.07) is 14.9. The Bertz CT molecular complexity index is 755. The van der Waals surface area contributed by atoms with Crippen LogP contribution in [0.5, 0.6) is 5.75 Å². The average molecular weight is 369 g/mol. The minimum absolute atomic E-state index is 0.0784. The fourth-order valence-corrected chi connectivity index (χ4v) is 2.70. The van der Waals surface area contributed by atoms with Crippen LogP contribution in [0.15, 0.2) is 48.5 Å². The van der Waals surface area contributed by atoms with Crippen LogP contribution in [0.25, 0.3) is 0 Å². The molecule has 1 unspecified atom stereocenters. The summed E-state index contributed by atoms with van der Waals surface area (Å²) in [6.07, 6.45) is 1.00. The van der Waals surface area contributed by atoms with Gasteiger partial charge in [0, 0.05) is 12.1 Å². The maximum Gasteiger partial charge on any atom is 0.258 e. The molecule has 144 valence electrons. The number of nitrogens with zero attached hydrogens (tertiary/aromatic N) is 1. The molecule has 6 heteroatoms.